The van der Waals surface area contributed by atoms with Gasteiger partial charge < -0.3 is 4.84 Å². The summed E-state index contributed by atoms with van der Waals surface area (Å²) in [6.45, 7) is 1.95. The monoisotopic (exact) mass is 311 g/mol. The fraction of sp³-hybridized carbons (Fsp3) is 0.467. The van der Waals surface area contributed by atoms with E-state index in [0.29, 0.717) is 34.2 Å². The summed E-state index contributed by atoms with van der Waals surface area (Å²) in [5, 5.41) is 5.19. The standard InChI is InChI=1S/C15H15Cl2NO2/c1-9-4-3-7-15(14(9)19)8-12(18-20-15)13-10(16)5-2-6-11(13)17/h2,5-6,9H,3-4,7-8H2,1H3. The molecule has 106 valence electrons. The van der Waals surface area contributed by atoms with Crippen molar-refractivity contribution in [2.24, 2.45) is 11.1 Å². The normalized spacial score (nSPS) is 29.4. The maximum atomic E-state index is 12.4. The SMILES string of the molecule is CC1CCCC2(CC(c3c(Cl)cccc3Cl)=NO2)C1=O. The smallest absolute Gasteiger partial charge is 0.201 e. The first-order valence-electron chi connectivity index (χ1n) is 6.77. The molecular weight excluding hydrogens is 297 g/mol. The maximum absolute atomic E-state index is 12.4. The third-order valence-electron chi connectivity index (χ3n) is 4.15. The highest BCUT2D eigenvalue weighted by molar-refractivity contribution is 6.40. The summed E-state index contributed by atoms with van der Waals surface area (Å²) in [7, 11) is 0. The van der Waals surface area contributed by atoms with Gasteiger partial charge in [0.2, 0.25) is 5.60 Å². The minimum atomic E-state index is -0.796. The Hall–Kier alpha value is -1.06. The minimum absolute atomic E-state index is 0.0278. The molecule has 5 heteroatoms. The zero-order valence-electron chi connectivity index (χ0n) is 11.2. The number of benzene rings is 1. The van der Waals surface area contributed by atoms with Gasteiger partial charge in [-0.2, -0.15) is 0 Å². The van der Waals surface area contributed by atoms with Crippen LogP contribution in [-0.4, -0.2) is 17.1 Å². The molecule has 2 atom stereocenters. The van der Waals surface area contributed by atoms with Gasteiger partial charge in [0, 0.05) is 17.9 Å². The van der Waals surface area contributed by atoms with Gasteiger partial charge in [0.25, 0.3) is 0 Å². The molecule has 1 spiro atoms. The van der Waals surface area contributed by atoms with Crippen molar-refractivity contribution in [3.63, 3.8) is 0 Å². The lowest BCUT2D eigenvalue weighted by Crippen LogP contribution is -2.45. The highest BCUT2D eigenvalue weighted by Crippen LogP contribution is 2.41. The fourth-order valence-electron chi connectivity index (χ4n) is 3.05. The Balaban J connectivity index is 1.91. The molecule has 3 rings (SSSR count). The second kappa shape index (κ2) is 5.05. The topological polar surface area (TPSA) is 38.7 Å². The van der Waals surface area contributed by atoms with E-state index in [4.69, 9.17) is 28.0 Å². The molecular formula is C15H15Cl2NO2. The van der Waals surface area contributed by atoms with E-state index in [1.54, 1.807) is 18.2 Å². The Labute approximate surface area is 127 Å². The lowest BCUT2D eigenvalue weighted by molar-refractivity contribution is -0.150. The number of halogens is 2. The van der Waals surface area contributed by atoms with Crippen LogP contribution < -0.4 is 0 Å². The first-order chi connectivity index (χ1) is 9.53. The second-order valence-corrected chi connectivity index (χ2v) is 6.37. The van der Waals surface area contributed by atoms with Crippen LogP contribution >= 0.6 is 23.2 Å². The zero-order valence-corrected chi connectivity index (χ0v) is 12.7. The summed E-state index contributed by atoms with van der Waals surface area (Å²) >= 11 is 12.4. The van der Waals surface area contributed by atoms with Gasteiger partial charge in [0.15, 0.2) is 5.78 Å². The molecule has 3 nitrogen and oxygen atoms in total. The Kier molecular flexibility index (Phi) is 3.51. The van der Waals surface area contributed by atoms with Gasteiger partial charge >= 0.3 is 0 Å². The number of nitrogens with zero attached hydrogens (tertiary/aromatic N) is 1. The Morgan fingerprint density at radius 2 is 2.05 bits per heavy atom. The zero-order chi connectivity index (χ0) is 14.3. The first kappa shape index (κ1) is 13.9. The fourth-order valence-corrected chi connectivity index (χ4v) is 3.66. The summed E-state index contributed by atoms with van der Waals surface area (Å²) in [4.78, 5) is 18.0. The lowest BCUT2D eigenvalue weighted by Gasteiger charge is -2.32. The van der Waals surface area contributed by atoms with Crippen molar-refractivity contribution in [2.45, 2.75) is 38.2 Å². The van der Waals surface area contributed by atoms with Crippen LogP contribution in [0.4, 0.5) is 0 Å². The summed E-state index contributed by atoms with van der Waals surface area (Å²) in [5.41, 5.74) is 0.553. The Morgan fingerprint density at radius 3 is 2.75 bits per heavy atom. The molecule has 0 amide bonds. The van der Waals surface area contributed by atoms with Crippen LogP contribution in [-0.2, 0) is 9.63 Å². The molecule has 0 aromatic heterocycles. The third kappa shape index (κ3) is 2.13. The first-order valence-corrected chi connectivity index (χ1v) is 7.53. The van der Waals surface area contributed by atoms with Crippen LogP contribution in [0.15, 0.2) is 23.4 Å². The van der Waals surface area contributed by atoms with Gasteiger partial charge in [0.05, 0.1) is 15.8 Å². The molecule has 0 saturated heterocycles. The van der Waals surface area contributed by atoms with E-state index >= 15 is 0 Å². The minimum Gasteiger partial charge on any atom is -0.381 e. The van der Waals surface area contributed by atoms with Crippen molar-refractivity contribution in [1.29, 1.82) is 0 Å². The number of ketones is 1. The summed E-state index contributed by atoms with van der Waals surface area (Å²) in [5.74, 6) is 0.172. The van der Waals surface area contributed by atoms with Gasteiger partial charge in [-0.05, 0) is 31.4 Å². The van der Waals surface area contributed by atoms with Crippen LogP contribution in [0, 0.1) is 5.92 Å². The van der Waals surface area contributed by atoms with E-state index in [1.165, 1.54) is 0 Å². The van der Waals surface area contributed by atoms with Gasteiger partial charge in [-0.1, -0.05) is 41.3 Å². The number of oxime groups is 1. The average molecular weight is 312 g/mol. The molecule has 2 aliphatic rings. The predicted octanol–water partition coefficient (Wildman–Crippen LogP) is 4.25. The van der Waals surface area contributed by atoms with Crippen molar-refractivity contribution in [1.82, 2.24) is 0 Å². The van der Waals surface area contributed by atoms with Crippen LogP contribution in [0.5, 0.6) is 0 Å². The van der Waals surface area contributed by atoms with Crippen molar-refractivity contribution in [3.8, 4) is 0 Å². The number of hydrogen-bond acceptors (Lipinski definition) is 3. The van der Waals surface area contributed by atoms with E-state index in [-0.39, 0.29) is 11.7 Å². The highest BCUT2D eigenvalue weighted by atomic mass is 35.5. The summed E-state index contributed by atoms with van der Waals surface area (Å²) < 4.78 is 0. The van der Waals surface area contributed by atoms with Crippen LogP contribution in [0.2, 0.25) is 10.0 Å². The van der Waals surface area contributed by atoms with Crippen LogP contribution in [0.1, 0.15) is 38.2 Å². The molecule has 1 fully saturated rings. The molecule has 1 aliphatic heterocycles. The number of Topliss-reactive ketones (excluding diaryl/α,β-unsaturated/α-hetero) is 1. The van der Waals surface area contributed by atoms with Crippen LogP contribution in [0.25, 0.3) is 0 Å². The molecule has 1 aliphatic carbocycles. The number of carbonyl (C=O) groups is 1. The van der Waals surface area contributed by atoms with Crippen molar-refractivity contribution in [2.75, 3.05) is 0 Å². The molecule has 0 radical (unpaired) electrons. The number of carbonyl (C=O) groups excluding carboxylic acids is 1. The Bertz CT molecular complexity index is 579. The largest absolute Gasteiger partial charge is 0.381 e. The third-order valence-corrected chi connectivity index (χ3v) is 4.78. The average Bonchev–Trinajstić information content (AvgIpc) is 2.81. The van der Waals surface area contributed by atoms with Gasteiger partial charge in [0.1, 0.15) is 0 Å². The number of hydrogen-bond donors (Lipinski definition) is 0. The molecule has 1 saturated carbocycles. The molecule has 2 unspecified atom stereocenters. The molecule has 20 heavy (non-hydrogen) atoms. The lowest BCUT2D eigenvalue weighted by atomic mass is 9.75. The predicted molar refractivity (Wildman–Crippen MR) is 79.5 cm³/mol. The van der Waals surface area contributed by atoms with E-state index in [1.807, 2.05) is 6.92 Å². The molecule has 1 heterocycles. The van der Waals surface area contributed by atoms with E-state index in [0.717, 1.165) is 12.8 Å². The molecule has 0 bridgehead atoms. The van der Waals surface area contributed by atoms with Crippen molar-refractivity contribution < 1.29 is 9.63 Å². The quantitative estimate of drug-likeness (QED) is 0.778. The molecule has 1 aromatic carbocycles. The molecule has 1 aromatic rings. The van der Waals surface area contributed by atoms with Crippen LogP contribution in [0.3, 0.4) is 0 Å². The molecule has 0 N–H and O–H groups in total. The van der Waals surface area contributed by atoms with E-state index < -0.39 is 5.60 Å². The number of rotatable bonds is 1. The Morgan fingerprint density at radius 1 is 1.35 bits per heavy atom. The highest BCUT2D eigenvalue weighted by Gasteiger charge is 2.50. The summed E-state index contributed by atoms with van der Waals surface area (Å²) in [6.07, 6.45) is 3.07. The van der Waals surface area contributed by atoms with Crippen molar-refractivity contribution >= 4 is 34.7 Å². The second-order valence-electron chi connectivity index (χ2n) is 5.55. The van der Waals surface area contributed by atoms with Gasteiger partial charge in [-0.25, -0.2) is 0 Å². The maximum Gasteiger partial charge on any atom is 0.201 e. The van der Waals surface area contributed by atoms with Gasteiger partial charge in [-0.3, -0.25) is 4.79 Å². The summed E-state index contributed by atoms with van der Waals surface area (Å²) in [6, 6.07) is 5.32. The van der Waals surface area contributed by atoms with E-state index in [2.05, 4.69) is 5.16 Å². The van der Waals surface area contributed by atoms with Gasteiger partial charge in [-0.15, -0.1) is 0 Å². The van der Waals surface area contributed by atoms with E-state index in [9.17, 15) is 4.79 Å². The van der Waals surface area contributed by atoms with Crippen molar-refractivity contribution in [3.05, 3.63) is 33.8 Å².